The smallest absolute Gasteiger partial charge is 0.190 e. The average Bonchev–Trinajstić information content (AvgIpc) is 2.84. The van der Waals surface area contributed by atoms with Crippen LogP contribution in [-0.4, -0.2) is 52.5 Å². The molecular weight excluding hydrogens is 513 g/mol. The van der Waals surface area contributed by atoms with Crippen molar-refractivity contribution in [1.82, 2.24) is 10.6 Å². The van der Waals surface area contributed by atoms with Crippen molar-refractivity contribution in [3.05, 3.63) is 71.8 Å². The van der Waals surface area contributed by atoms with Gasteiger partial charge >= 0.3 is 0 Å². The predicted octanol–water partition coefficient (Wildman–Crippen LogP) is 4.82. The summed E-state index contributed by atoms with van der Waals surface area (Å²) in [5, 5.41) is 6.87. The molecule has 2 aromatic rings. The van der Waals surface area contributed by atoms with Gasteiger partial charge in [0.25, 0.3) is 0 Å². The molecule has 0 saturated carbocycles. The highest BCUT2D eigenvalue weighted by atomic mass is 127. The lowest BCUT2D eigenvalue weighted by molar-refractivity contribution is 0.0203. The van der Waals surface area contributed by atoms with Crippen LogP contribution in [0.3, 0.4) is 0 Å². The first kappa shape index (κ1) is 26.6. The standard InChI is InChI=1S/C26H37N3O2.HI/c1-27-26(28-16-8-18-31-21-22-14-19-30-20-15-22)29-17-13-25(23-9-4-2-5-10-23)24-11-6-3-7-12-24;/h2-7,9-12,22,25H,8,13-21H2,1H3,(H2,27,28,29);1H. The molecule has 0 atom stereocenters. The van der Waals surface area contributed by atoms with Crippen molar-refractivity contribution in [3.63, 3.8) is 0 Å². The van der Waals surface area contributed by atoms with E-state index in [4.69, 9.17) is 9.47 Å². The second-order valence-electron chi connectivity index (χ2n) is 8.07. The second-order valence-corrected chi connectivity index (χ2v) is 8.07. The van der Waals surface area contributed by atoms with Crippen LogP contribution < -0.4 is 10.6 Å². The van der Waals surface area contributed by atoms with Gasteiger partial charge in [0.05, 0.1) is 0 Å². The van der Waals surface area contributed by atoms with Gasteiger partial charge in [-0.25, -0.2) is 0 Å². The number of ether oxygens (including phenoxy) is 2. The molecule has 1 saturated heterocycles. The third-order valence-corrected chi connectivity index (χ3v) is 5.81. The maximum atomic E-state index is 5.84. The number of aliphatic imine (C=N–C) groups is 1. The minimum Gasteiger partial charge on any atom is -0.381 e. The number of guanidine groups is 1. The van der Waals surface area contributed by atoms with Crippen molar-refractivity contribution in [1.29, 1.82) is 0 Å². The fourth-order valence-corrected chi connectivity index (χ4v) is 4.00. The van der Waals surface area contributed by atoms with E-state index in [1.165, 1.54) is 11.1 Å². The van der Waals surface area contributed by atoms with E-state index in [1.807, 2.05) is 7.05 Å². The SMILES string of the molecule is CN=C(NCCCOCC1CCOCC1)NCCC(c1ccccc1)c1ccccc1.I. The van der Waals surface area contributed by atoms with Gasteiger partial charge < -0.3 is 20.1 Å². The van der Waals surface area contributed by atoms with E-state index in [2.05, 4.69) is 76.3 Å². The first-order valence-corrected chi connectivity index (χ1v) is 11.6. The van der Waals surface area contributed by atoms with Gasteiger partial charge in [0.15, 0.2) is 5.96 Å². The van der Waals surface area contributed by atoms with Gasteiger partial charge in [0.1, 0.15) is 0 Å². The fraction of sp³-hybridized carbons (Fsp3) is 0.500. The van der Waals surface area contributed by atoms with Crippen LogP contribution in [0, 0.1) is 5.92 Å². The summed E-state index contributed by atoms with van der Waals surface area (Å²) < 4.78 is 11.2. The van der Waals surface area contributed by atoms with Crippen LogP contribution in [0.1, 0.15) is 42.7 Å². The summed E-state index contributed by atoms with van der Waals surface area (Å²) in [5.74, 6) is 1.88. The van der Waals surface area contributed by atoms with E-state index in [0.29, 0.717) is 11.8 Å². The summed E-state index contributed by atoms with van der Waals surface area (Å²) in [6, 6.07) is 21.5. The third-order valence-electron chi connectivity index (χ3n) is 5.81. The molecule has 0 amide bonds. The molecule has 2 N–H and O–H groups in total. The van der Waals surface area contributed by atoms with Crippen LogP contribution in [0.2, 0.25) is 0 Å². The summed E-state index contributed by atoms with van der Waals surface area (Å²) in [6.45, 7) is 5.12. The number of hydrogen-bond donors (Lipinski definition) is 2. The molecule has 1 aliphatic rings. The first-order chi connectivity index (χ1) is 15.4. The molecule has 2 aromatic carbocycles. The highest BCUT2D eigenvalue weighted by Gasteiger charge is 2.14. The van der Waals surface area contributed by atoms with Crippen molar-refractivity contribution in [2.24, 2.45) is 10.9 Å². The van der Waals surface area contributed by atoms with Gasteiger partial charge in [-0.15, -0.1) is 24.0 Å². The van der Waals surface area contributed by atoms with E-state index < -0.39 is 0 Å². The topological polar surface area (TPSA) is 54.9 Å². The van der Waals surface area contributed by atoms with Crippen LogP contribution in [0.15, 0.2) is 65.7 Å². The molecule has 0 unspecified atom stereocenters. The number of halogens is 1. The molecule has 1 aliphatic heterocycles. The Morgan fingerprint density at radius 1 is 0.969 bits per heavy atom. The first-order valence-electron chi connectivity index (χ1n) is 11.6. The molecule has 32 heavy (non-hydrogen) atoms. The molecule has 6 heteroatoms. The second kappa shape index (κ2) is 16.0. The van der Waals surface area contributed by atoms with Gasteiger partial charge in [-0.05, 0) is 42.7 Å². The zero-order chi connectivity index (χ0) is 21.6. The number of benzene rings is 2. The summed E-state index contributed by atoms with van der Waals surface area (Å²) in [4.78, 5) is 4.36. The Morgan fingerprint density at radius 2 is 1.56 bits per heavy atom. The summed E-state index contributed by atoms with van der Waals surface area (Å²) >= 11 is 0. The Balaban J connectivity index is 0.00000363. The normalized spacial score (nSPS) is 14.8. The molecule has 0 bridgehead atoms. The van der Waals surface area contributed by atoms with Gasteiger partial charge in [0.2, 0.25) is 0 Å². The van der Waals surface area contributed by atoms with Gasteiger partial charge in [0, 0.05) is 52.5 Å². The predicted molar refractivity (Wildman–Crippen MR) is 143 cm³/mol. The molecule has 3 rings (SSSR count). The Kier molecular flexibility index (Phi) is 13.3. The monoisotopic (exact) mass is 551 g/mol. The highest BCUT2D eigenvalue weighted by Crippen LogP contribution is 2.27. The molecule has 0 aliphatic carbocycles. The van der Waals surface area contributed by atoms with Crippen LogP contribution in [0.4, 0.5) is 0 Å². The summed E-state index contributed by atoms with van der Waals surface area (Å²) in [5.41, 5.74) is 2.69. The zero-order valence-electron chi connectivity index (χ0n) is 19.2. The zero-order valence-corrected chi connectivity index (χ0v) is 21.5. The number of nitrogens with zero attached hydrogens (tertiary/aromatic N) is 1. The number of rotatable bonds is 11. The number of hydrogen-bond acceptors (Lipinski definition) is 3. The van der Waals surface area contributed by atoms with E-state index in [0.717, 1.165) is 71.2 Å². The van der Waals surface area contributed by atoms with Gasteiger partial charge in [-0.2, -0.15) is 0 Å². The lowest BCUT2D eigenvalue weighted by Crippen LogP contribution is -2.38. The highest BCUT2D eigenvalue weighted by molar-refractivity contribution is 14.0. The summed E-state index contributed by atoms with van der Waals surface area (Å²) in [7, 11) is 1.82. The van der Waals surface area contributed by atoms with Crippen molar-refractivity contribution in [2.45, 2.75) is 31.6 Å². The van der Waals surface area contributed by atoms with E-state index in [9.17, 15) is 0 Å². The van der Waals surface area contributed by atoms with E-state index in [-0.39, 0.29) is 24.0 Å². The maximum Gasteiger partial charge on any atom is 0.190 e. The van der Waals surface area contributed by atoms with Crippen molar-refractivity contribution in [3.8, 4) is 0 Å². The van der Waals surface area contributed by atoms with Crippen LogP contribution >= 0.6 is 24.0 Å². The molecular formula is C26H38IN3O2. The average molecular weight is 552 g/mol. The van der Waals surface area contributed by atoms with Gasteiger partial charge in [-0.3, -0.25) is 4.99 Å². The van der Waals surface area contributed by atoms with E-state index in [1.54, 1.807) is 0 Å². The lowest BCUT2D eigenvalue weighted by Gasteiger charge is -2.21. The Labute approximate surface area is 210 Å². The van der Waals surface area contributed by atoms with E-state index >= 15 is 0 Å². The molecule has 176 valence electrons. The maximum absolute atomic E-state index is 5.84. The minimum absolute atomic E-state index is 0. The van der Waals surface area contributed by atoms with Crippen LogP contribution in [0.5, 0.6) is 0 Å². The molecule has 1 fully saturated rings. The Hall–Kier alpha value is -1.64. The fourth-order valence-electron chi connectivity index (χ4n) is 4.00. The van der Waals surface area contributed by atoms with Crippen LogP contribution in [0.25, 0.3) is 0 Å². The quantitative estimate of drug-likeness (QED) is 0.182. The molecule has 1 heterocycles. The van der Waals surface area contributed by atoms with Crippen molar-refractivity contribution >= 4 is 29.9 Å². The molecule has 0 aromatic heterocycles. The summed E-state index contributed by atoms with van der Waals surface area (Å²) in [6.07, 6.45) is 4.23. The third kappa shape index (κ3) is 9.46. The van der Waals surface area contributed by atoms with Gasteiger partial charge in [-0.1, -0.05) is 60.7 Å². The van der Waals surface area contributed by atoms with Crippen molar-refractivity contribution in [2.75, 3.05) is 46.6 Å². The molecule has 5 nitrogen and oxygen atoms in total. The Bertz CT molecular complexity index is 713. The largest absolute Gasteiger partial charge is 0.381 e. The number of nitrogens with one attached hydrogen (secondary N) is 2. The van der Waals surface area contributed by atoms with Crippen LogP contribution in [-0.2, 0) is 9.47 Å². The minimum atomic E-state index is 0. The molecule has 0 spiro atoms. The Morgan fingerprint density at radius 3 is 2.16 bits per heavy atom. The van der Waals surface area contributed by atoms with Crippen molar-refractivity contribution < 1.29 is 9.47 Å². The molecule has 0 radical (unpaired) electrons. The lowest BCUT2D eigenvalue weighted by atomic mass is 9.88.